The number of carbonyl (C=O) groups is 2. The van der Waals surface area contributed by atoms with Crippen molar-refractivity contribution in [3.8, 4) is 0 Å². The van der Waals surface area contributed by atoms with E-state index >= 15 is 0 Å². The Labute approximate surface area is 82.5 Å². The van der Waals surface area contributed by atoms with Crippen molar-refractivity contribution in [1.82, 2.24) is 0 Å². The summed E-state index contributed by atoms with van der Waals surface area (Å²) in [6.07, 6.45) is 0. The van der Waals surface area contributed by atoms with E-state index in [1.54, 1.807) is 12.1 Å². The lowest BCUT2D eigenvalue weighted by Gasteiger charge is -1.95. The summed E-state index contributed by atoms with van der Waals surface area (Å²) in [7, 11) is 0. The maximum absolute atomic E-state index is 11.1. The van der Waals surface area contributed by atoms with Crippen LogP contribution in [0.2, 0.25) is 5.02 Å². The summed E-state index contributed by atoms with van der Waals surface area (Å²) in [4.78, 5) is 21.7. The smallest absolute Gasteiger partial charge is 0.228 e. The summed E-state index contributed by atoms with van der Waals surface area (Å²) in [5.41, 5.74) is 0.381. The molecule has 70 valence electrons. The van der Waals surface area contributed by atoms with Crippen LogP contribution in [-0.4, -0.2) is 11.6 Å². The molecule has 1 rings (SSSR count). The molecule has 0 spiro atoms. The van der Waals surface area contributed by atoms with Crippen molar-refractivity contribution < 1.29 is 9.59 Å². The molecule has 0 unspecified atom stereocenters. The molecule has 0 aliphatic carbocycles. The first-order chi connectivity index (χ1) is 5.61. The van der Waals surface area contributed by atoms with E-state index in [0.29, 0.717) is 10.6 Å². The summed E-state index contributed by atoms with van der Waals surface area (Å²) < 4.78 is 0. The van der Waals surface area contributed by atoms with Crippen LogP contribution in [0.3, 0.4) is 0 Å². The van der Waals surface area contributed by atoms with Crippen LogP contribution in [0.5, 0.6) is 0 Å². The van der Waals surface area contributed by atoms with Crippen molar-refractivity contribution in [2.24, 2.45) is 0 Å². The Kier molecular flexibility index (Phi) is 4.35. The van der Waals surface area contributed by atoms with Gasteiger partial charge in [-0.2, -0.15) is 0 Å². The molecule has 13 heavy (non-hydrogen) atoms. The quantitative estimate of drug-likeness (QED) is 0.541. The summed E-state index contributed by atoms with van der Waals surface area (Å²) in [5.74, 6) is -0.941. The first-order valence-electron chi connectivity index (χ1n) is 3.42. The standard InChI is InChI=1S/C9H7ClO2.CH4/c1-6(11)9(12)7-2-4-8(10)5-3-7;/h2-5H,1H3;1H4. The minimum Gasteiger partial charge on any atom is -0.291 e. The van der Waals surface area contributed by atoms with E-state index in [1.807, 2.05) is 0 Å². The third-order valence-electron chi connectivity index (χ3n) is 1.43. The van der Waals surface area contributed by atoms with Crippen LogP contribution < -0.4 is 0 Å². The SMILES string of the molecule is C.CC(=O)C(=O)c1ccc(Cl)cc1. The maximum atomic E-state index is 11.1. The molecule has 2 nitrogen and oxygen atoms in total. The first-order valence-corrected chi connectivity index (χ1v) is 3.80. The Bertz CT molecular complexity index is 314. The molecular weight excluding hydrogens is 188 g/mol. The minimum atomic E-state index is -0.480. The lowest BCUT2D eigenvalue weighted by molar-refractivity contribution is -0.113. The second kappa shape index (κ2) is 4.77. The Morgan fingerprint density at radius 2 is 1.62 bits per heavy atom. The summed E-state index contributed by atoms with van der Waals surface area (Å²) in [5, 5.41) is 0.551. The van der Waals surface area contributed by atoms with Gasteiger partial charge in [-0.15, -0.1) is 0 Å². The van der Waals surface area contributed by atoms with E-state index in [0.717, 1.165) is 0 Å². The van der Waals surface area contributed by atoms with Crippen LogP contribution in [-0.2, 0) is 4.79 Å². The second-order valence-corrected chi connectivity index (χ2v) is 2.83. The van der Waals surface area contributed by atoms with Crippen molar-refractivity contribution in [1.29, 1.82) is 0 Å². The van der Waals surface area contributed by atoms with Gasteiger partial charge in [0.2, 0.25) is 5.78 Å². The molecule has 0 aliphatic rings. The number of Topliss-reactive ketones (excluding diaryl/α,β-unsaturated/α-hetero) is 2. The largest absolute Gasteiger partial charge is 0.291 e. The van der Waals surface area contributed by atoms with Gasteiger partial charge in [-0.05, 0) is 24.3 Å². The number of carbonyl (C=O) groups excluding carboxylic acids is 2. The molecular formula is C10H11ClO2. The van der Waals surface area contributed by atoms with E-state index in [2.05, 4.69) is 0 Å². The molecule has 1 aromatic carbocycles. The monoisotopic (exact) mass is 198 g/mol. The number of benzene rings is 1. The van der Waals surface area contributed by atoms with Crippen molar-refractivity contribution in [3.05, 3.63) is 34.9 Å². The molecule has 0 saturated carbocycles. The molecule has 0 radical (unpaired) electrons. The number of hydrogen-bond donors (Lipinski definition) is 0. The Morgan fingerprint density at radius 3 is 2.00 bits per heavy atom. The average Bonchev–Trinajstić information content (AvgIpc) is 2.04. The fourth-order valence-corrected chi connectivity index (χ4v) is 0.931. The van der Waals surface area contributed by atoms with Crippen LogP contribution in [0, 0.1) is 0 Å². The third-order valence-corrected chi connectivity index (χ3v) is 1.68. The Hall–Kier alpha value is -1.15. The molecule has 0 fully saturated rings. The molecule has 0 amide bonds. The highest BCUT2D eigenvalue weighted by molar-refractivity contribution is 6.43. The highest BCUT2D eigenvalue weighted by Crippen LogP contribution is 2.09. The molecule has 0 N–H and O–H groups in total. The second-order valence-electron chi connectivity index (χ2n) is 2.39. The zero-order valence-corrected chi connectivity index (χ0v) is 7.26. The zero-order valence-electron chi connectivity index (χ0n) is 6.50. The number of rotatable bonds is 2. The Morgan fingerprint density at radius 1 is 1.15 bits per heavy atom. The molecule has 0 saturated heterocycles. The van der Waals surface area contributed by atoms with E-state index in [-0.39, 0.29) is 7.43 Å². The molecule has 1 aromatic rings. The summed E-state index contributed by atoms with van der Waals surface area (Å²) in [6, 6.07) is 6.23. The molecule has 0 heterocycles. The molecule has 0 bridgehead atoms. The zero-order chi connectivity index (χ0) is 9.14. The van der Waals surface area contributed by atoms with Gasteiger partial charge in [0.25, 0.3) is 0 Å². The highest BCUT2D eigenvalue weighted by atomic mass is 35.5. The van der Waals surface area contributed by atoms with Crippen molar-refractivity contribution in [3.63, 3.8) is 0 Å². The fourth-order valence-electron chi connectivity index (χ4n) is 0.805. The van der Waals surface area contributed by atoms with Gasteiger partial charge in [-0.1, -0.05) is 19.0 Å². The average molecular weight is 199 g/mol. The lowest BCUT2D eigenvalue weighted by atomic mass is 10.1. The van der Waals surface area contributed by atoms with Gasteiger partial charge in [0.15, 0.2) is 5.78 Å². The maximum Gasteiger partial charge on any atom is 0.228 e. The van der Waals surface area contributed by atoms with E-state index in [1.165, 1.54) is 19.1 Å². The van der Waals surface area contributed by atoms with Crippen LogP contribution in [0.4, 0.5) is 0 Å². The lowest BCUT2D eigenvalue weighted by Crippen LogP contribution is -2.08. The van der Waals surface area contributed by atoms with Gasteiger partial charge in [0.1, 0.15) is 0 Å². The fraction of sp³-hybridized carbons (Fsp3) is 0.200. The first kappa shape index (κ1) is 11.8. The van der Waals surface area contributed by atoms with Gasteiger partial charge >= 0.3 is 0 Å². The van der Waals surface area contributed by atoms with Gasteiger partial charge in [0, 0.05) is 17.5 Å². The number of halogens is 1. The molecule has 0 atom stereocenters. The number of hydrogen-bond acceptors (Lipinski definition) is 2. The van der Waals surface area contributed by atoms with Crippen molar-refractivity contribution >= 4 is 23.2 Å². The van der Waals surface area contributed by atoms with Crippen LogP contribution >= 0.6 is 11.6 Å². The van der Waals surface area contributed by atoms with Gasteiger partial charge in [-0.3, -0.25) is 9.59 Å². The van der Waals surface area contributed by atoms with E-state index in [4.69, 9.17) is 11.6 Å². The minimum absolute atomic E-state index is 0. The summed E-state index contributed by atoms with van der Waals surface area (Å²) in [6.45, 7) is 1.25. The van der Waals surface area contributed by atoms with Gasteiger partial charge in [0.05, 0.1) is 0 Å². The van der Waals surface area contributed by atoms with E-state index < -0.39 is 11.6 Å². The Balaban J connectivity index is 0.00000144. The summed E-state index contributed by atoms with van der Waals surface area (Å²) >= 11 is 5.60. The molecule has 3 heteroatoms. The van der Waals surface area contributed by atoms with Crippen molar-refractivity contribution in [2.75, 3.05) is 0 Å². The van der Waals surface area contributed by atoms with Gasteiger partial charge < -0.3 is 0 Å². The normalized spacial score (nSPS) is 8.77. The topological polar surface area (TPSA) is 34.1 Å². The van der Waals surface area contributed by atoms with Crippen LogP contribution in [0.25, 0.3) is 0 Å². The third kappa shape index (κ3) is 2.99. The predicted molar refractivity (Wildman–Crippen MR) is 53.2 cm³/mol. The van der Waals surface area contributed by atoms with Crippen LogP contribution in [0.15, 0.2) is 24.3 Å². The van der Waals surface area contributed by atoms with Crippen molar-refractivity contribution in [2.45, 2.75) is 14.4 Å². The number of ketones is 2. The molecule has 0 aromatic heterocycles. The van der Waals surface area contributed by atoms with Gasteiger partial charge in [-0.25, -0.2) is 0 Å². The molecule has 0 aliphatic heterocycles. The van der Waals surface area contributed by atoms with E-state index in [9.17, 15) is 9.59 Å². The predicted octanol–water partition coefficient (Wildman–Crippen LogP) is 2.75. The highest BCUT2D eigenvalue weighted by Gasteiger charge is 2.09. The van der Waals surface area contributed by atoms with Crippen LogP contribution in [0.1, 0.15) is 24.7 Å².